The van der Waals surface area contributed by atoms with Gasteiger partial charge in [-0.1, -0.05) is 35.7 Å². The number of carbonyl (C=O) groups excluding carboxylic acids is 2. The molecule has 3 rings (SSSR count). The van der Waals surface area contributed by atoms with E-state index >= 15 is 0 Å². The third-order valence-corrected chi connectivity index (χ3v) is 5.56. The van der Waals surface area contributed by atoms with Gasteiger partial charge in [-0.25, -0.2) is 4.98 Å². The molecule has 0 bridgehead atoms. The lowest BCUT2D eigenvalue weighted by Gasteiger charge is -1.99. The van der Waals surface area contributed by atoms with Crippen LogP contribution in [0.25, 0.3) is 10.2 Å². The summed E-state index contributed by atoms with van der Waals surface area (Å²) in [6.07, 6.45) is 0. The van der Waals surface area contributed by atoms with E-state index in [-0.39, 0.29) is 12.5 Å². The maximum atomic E-state index is 11.9. The second kappa shape index (κ2) is 8.52. The molecule has 26 heavy (non-hydrogen) atoms. The van der Waals surface area contributed by atoms with Gasteiger partial charge in [0.15, 0.2) is 4.34 Å². The number of hydrogen-bond acceptors (Lipinski definition) is 5. The van der Waals surface area contributed by atoms with Crippen molar-refractivity contribution in [3.63, 3.8) is 0 Å². The minimum atomic E-state index is -0.470. The van der Waals surface area contributed by atoms with Crippen LogP contribution in [0.5, 0.6) is 0 Å². The Hall–Kier alpha value is -2.82. The molecule has 3 N–H and O–H groups in total. The molecule has 0 aliphatic heterocycles. The maximum Gasteiger partial charge on any atom is 0.248 e. The smallest absolute Gasteiger partial charge is 0.248 e. The number of fused-ring (bicyclic) bond motifs is 1. The van der Waals surface area contributed by atoms with Gasteiger partial charge in [-0.3, -0.25) is 9.59 Å². The van der Waals surface area contributed by atoms with Crippen molar-refractivity contribution in [2.75, 3.05) is 12.3 Å². The van der Waals surface area contributed by atoms with Crippen molar-refractivity contribution in [3.8, 4) is 11.8 Å². The Labute approximate surface area is 159 Å². The Bertz CT molecular complexity index is 968. The van der Waals surface area contributed by atoms with Crippen LogP contribution in [-0.2, 0) is 4.79 Å². The first-order chi connectivity index (χ1) is 12.6. The van der Waals surface area contributed by atoms with Gasteiger partial charge in [0.1, 0.15) is 0 Å². The van der Waals surface area contributed by atoms with Crippen LogP contribution in [0, 0.1) is 11.8 Å². The normalized spacial score (nSPS) is 10.2. The van der Waals surface area contributed by atoms with Crippen LogP contribution in [0.3, 0.4) is 0 Å². The number of carbonyl (C=O) groups is 2. The molecule has 0 saturated heterocycles. The van der Waals surface area contributed by atoms with Gasteiger partial charge in [-0.05, 0) is 36.4 Å². The Morgan fingerprint density at radius 3 is 2.65 bits per heavy atom. The number of benzene rings is 2. The van der Waals surface area contributed by atoms with Crippen molar-refractivity contribution in [3.05, 3.63) is 59.7 Å². The van der Waals surface area contributed by atoms with Crippen LogP contribution in [0.1, 0.15) is 15.9 Å². The highest BCUT2D eigenvalue weighted by Gasteiger charge is 2.06. The standard InChI is InChI=1S/C19H15N3O2S2/c20-18(24)14-9-7-13(8-10-14)4-3-11-21-17(23)12-25-19-22-15-5-1-2-6-16(15)26-19/h1-2,5-10H,11-12H2,(H2,20,24)(H,21,23). The van der Waals surface area contributed by atoms with Gasteiger partial charge in [0.25, 0.3) is 0 Å². The molecule has 130 valence electrons. The third kappa shape index (κ3) is 4.85. The predicted molar refractivity (Wildman–Crippen MR) is 105 cm³/mol. The van der Waals surface area contributed by atoms with Crippen molar-refractivity contribution in [2.24, 2.45) is 5.73 Å². The lowest BCUT2D eigenvalue weighted by Crippen LogP contribution is -2.25. The summed E-state index contributed by atoms with van der Waals surface area (Å²) in [5, 5.41) is 2.76. The predicted octanol–water partition coefficient (Wildman–Crippen LogP) is 2.66. The molecule has 2 aromatic carbocycles. The summed E-state index contributed by atoms with van der Waals surface area (Å²) < 4.78 is 1.99. The molecule has 7 heteroatoms. The van der Waals surface area contributed by atoms with E-state index in [0.717, 1.165) is 20.1 Å². The zero-order valence-corrected chi connectivity index (χ0v) is 15.3. The molecule has 3 aromatic rings. The van der Waals surface area contributed by atoms with Gasteiger partial charge < -0.3 is 11.1 Å². The molecule has 0 unspecified atom stereocenters. The number of aromatic nitrogens is 1. The number of nitrogens with one attached hydrogen (secondary N) is 1. The zero-order valence-electron chi connectivity index (χ0n) is 13.7. The van der Waals surface area contributed by atoms with Gasteiger partial charge in [0.05, 0.1) is 22.5 Å². The number of primary amides is 1. The molecule has 0 radical (unpaired) electrons. The van der Waals surface area contributed by atoms with E-state index < -0.39 is 5.91 Å². The summed E-state index contributed by atoms with van der Waals surface area (Å²) in [5.74, 6) is 5.54. The average Bonchev–Trinajstić information content (AvgIpc) is 3.07. The third-order valence-electron chi connectivity index (χ3n) is 3.38. The molecule has 0 atom stereocenters. The highest BCUT2D eigenvalue weighted by Crippen LogP contribution is 2.28. The van der Waals surface area contributed by atoms with Crippen molar-refractivity contribution in [1.82, 2.24) is 10.3 Å². The number of thioether (sulfide) groups is 1. The summed E-state index contributed by atoms with van der Waals surface area (Å²) in [6.45, 7) is 0.261. The first kappa shape index (κ1) is 18.0. The van der Waals surface area contributed by atoms with Crippen molar-refractivity contribution in [2.45, 2.75) is 4.34 Å². The van der Waals surface area contributed by atoms with E-state index in [1.54, 1.807) is 35.6 Å². The van der Waals surface area contributed by atoms with Crippen molar-refractivity contribution in [1.29, 1.82) is 0 Å². The van der Waals surface area contributed by atoms with Crippen LogP contribution in [-0.4, -0.2) is 29.1 Å². The van der Waals surface area contributed by atoms with Crippen molar-refractivity contribution < 1.29 is 9.59 Å². The van der Waals surface area contributed by atoms with Gasteiger partial charge in [0, 0.05) is 11.1 Å². The number of amides is 2. The van der Waals surface area contributed by atoms with Gasteiger partial charge >= 0.3 is 0 Å². The van der Waals surface area contributed by atoms with Gasteiger partial charge in [-0.2, -0.15) is 0 Å². The fraction of sp³-hybridized carbons (Fsp3) is 0.105. The van der Waals surface area contributed by atoms with E-state index in [2.05, 4.69) is 22.1 Å². The van der Waals surface area contributed by atoms with Gasteiger partial charge in [-0.15, -0.1) is 11.3 Å². The number of nitrogens with two attached hydrogens (primary N) is 1. The van der Waals surface area contributed by atoms with Crippen LogP contribution < -0.4 is 11.1 Å². The Kier molecular flexibility index (Phi) is 5.89. The van der Waals surface area contributed by atoms with Crippen LogP contribution in [0.4, 0.5) is 0 Å². The van der Waals surface area contributed by atoms with E-state index in [4.69, 9.17) is 5.73 Å². The molecule has 0 fully saturated rings. The Morgan fingerprint density at radius 2 is 1.92 bits per heavy atom. The molecular weight excluding hydrogens is 366 g/mol. The summed E-state index contributed by atoms with van der Waals surface area (Å²) in [4.78, 5) is 27.4. The Balaban J connectivity index is 1.45. The van der Waals surface area contributed by atoms with E-state index in [9.17, 15) is 9.59 Å². The molecule has 0 spiro atoms. The SMILES string of the molecule is NC(=O)c1ccc(C#CCNC(=O)CSc2nc3ccccc3s2)cc1. The summed E-state index contributed by atoms with van der Waals surface area (Å²) >= 11 is 3.00. The number of nitrogens with zero attached hydrogens (tertiary/aromatic N) is 1. The lowest BCUT2D eigenvalue weighted by molar-refractivity contribution is -0.118. The number of para-hydroxylation sites is 1. The second-order valence-corrected chi connectivity index (χ2v) is 7.51. The molecule has 0 aliphatic carbocycles. The summed E-state index contributed by atoms with van der Waals surface area (Å²) in [5.41, 5.74) is 7.33. The number of hydrogen-bond donors (Lipinski definition) is 2. The van der Waals surface area contributed by atoms with Gasteiger partial charge in [0.2, 0.25) is 11.8 Å². The number of rotatable bonds is 5. The topological polar surface area (TPSA) is 85.1 Å². The Morgan fingerprint density at radius 1 is 1.15 bits per heavy atom. The zero-order chi connectivity index (χ0) is 18.4. The number of thiazole rings is 1. The minimum absolute atomic E-state index is 0.0902. The largest absolute Gasteiger partial charge is 0.366 e. The van der Waals surface area contributed by atoms with E-state index in [0.29, 0.717) is 11.3 Å². The quantitative estimate of drug-likeness (QED) is 0.526. The minimum Gasteiger partial charge on any atom is -0.366 e. The summed E-state index contributed by atoms with van der Waals surface area (Å²) in [7, 11) is 0. The highest BCUT2D eigenvalue weighted by molar-refractivity contribution is 8.01. The lowest BCUT2D eigenvalue weighted by atomic mass is 10.1. The molecule has 0 saturated carbocycles. The second-order valence-electron chi connectivity index (χ2n) is 5.26. The van der Waals surface area contributed by atoms with Crippen LogP contribution >= 0.6 is 23.1 Å². The van der Waals surface area contributed by atoms with Crippen LogP contribution in [0.15, 0.2) is 52.9 Å². The molecule has 1 heterocycles. The maximum absolute atomic E-state index is 11.9. The molecule has 0 aliphatic rings. The molecule has 1 aromatic heterocycles. The average molecular weight is 381 g/mol. The van der Waals surface area contributed by atoms with Crippen molar-refractivity contribution >= 4 is 45.1 Å². The molecular formula is C19H15N3O2S2. The molecule has 5 nitrogen and oxygen atoms in total. The monoisotopic (exact) mass is 381 g/mol. The molecule has 2 amide bonds. The fourth-order valence-electron chi connectivity index (χ4n) is 2.10. The summed E-state index contributed by atoms with van der Waals surface area (Å²) in [6, 6.07) is 14.6. The highest BCUT2D eigenvalue weighted by atomic mass is 32.2. The first-order valence-electron chi connectivity index (χ1n) is 7.75. The van der Waals surface area contributed by atoms with E-state index in [1.165, 1.54) is 11.8 Å². The first-order valence-corrected chi connectivity index (χ1v) is 9.56. The fourth-order valence-corrected chi connectivity index (χ4v) is 4.00. The van der Waals surface area contributed by atoms with E-state index in [1.807, 2.05) is 24.3 Å². The van der Waals surface area contributed by atoms with Crippen LogP contribution in [0.2, 0.25) is 0 Å².